The second kappa shape index (κ2) is 10.3. The molecule has 0 aliphatic carbocycles. The largest absolute Gasteiger partial charge is 0.379 e. The highest BCUT2D eigenvalue weighted by Crippen LogP contribution is 2.26. The summed E-state index contributed by atoms with van der Waals surface area (Å²) in [5.41, 5.74) is 0. The molecule has 1 aliphatic rings. The van der Waals surface area contributed by atoms with E-state index in [1.54, 1.807) is 0 Å². The van der Waals surface area contributed by atoms with Gasteiger partial charge in [-0.1, -0.05) is 13.8 Å². The molecular formula is C16H28N2O5. The van der Waals surface area contributed by atoms with E-state index in [9.17, 15) is 14.4 Å². The van der Waals surface area contributed by atoms with Gasteiger partial charge in [0.25, 0.3) is 0 Å². The van der Waals surface area contributed by atoms with Crippen LogP contribution in [0.25, 0.3) is 0 Å². The summed E-state index contributed by atoms with van der Waals surface area (Å²) in [5, 5.41) is 2.71. The van der Waals surface area contributed by atoms with E-state index < -0.39 is 0 Å². The Morgan fingerprint density at radius 1 is 1.26 bits per heavy atom. The molecule has 0 aromatic heterocycles. The van der Waals surface area contributed by atoms with Crippen molar-refractivity contribution in [2.45, 2.75) is 33.6 Å². The van der Waals surface area contributed by atoms with Crippen LogP contribution in [0.5, 0.6) is 0 Å². The van der Waals surface area contributed by atoms with Crippen LogP contribution in [0.4, 0.5) is 0 Å². The number of hydrogen-bond donors (Lipinski definition) is 1. The Kier molecular flexibility index (Phi) is 8.79. The highest BCUT2D eigenvalue weighted by Gasteiger charge is 2.39. The molecule has 132 valence electrons. The third-order valence-electron chi connectivity index (χ3n) is 3.79. The molecule has 0 aromatic carbocycles. The summed E-state index contributed by atoms with van der Waals surface area (Å²) in [4.78, 5) is 36.9. The van der Waals surface area contributed by atoms with Gasteiger partial charge in [0, 0.05) is 38.5 Å². The number of hydrogen-bond acceptors (Lipinski definition) is 5. The normalized spacial score (nSPS) is 18.1. The van der Waals surface area contributed by atoms with E-state index in [4.69, 9.17) is 9.47 Å². The number of nitrogens with one attached hydrogen (secondary N) is 1. The van der Waals surface area contributed by atoms with Crippen molar-refractivity contribution in [3.8, 4) is 0 Å². The van der Waals surface area contributed by atoms with Crippen LogP contribution in [0.15, 0.2) is 0 Å². The molecule has 1 atom stereocenters. The third-order valence-corrected chi connectivity index (χ3v) is 3.79. The molecular weight excluding hydrogens is 300 g/mol. The molecule has 0 saturated carbocycles. The Balaban J connectivity index is 2.16. The van der Waals surface area contributed by atoms with E-state index in [2.05, 4.69) is 5.32 Å². The third kappa shape index (κ3) is 6.66. The predicted octanol–water partition coefficient (Wildman–Crippen LogP) is 0.577. The Hall–Kier alpha value is -1.47. The number of amides is 3. The Morgan fingerprint density at radius 3 is 2.57 bits per heavy atom. The van der Waals surface area contributed by atoms with E-state index in [1.807, 2.05) is 20.8 Å². The van der Waals surface area contributed by atoms with Gasteiger partial charge in [0.2, 0.25) is 17.7 Å². The maximum Gasteiger partial charge on any atom is 0.233 e. The maximum atomic E-state index is 12.1. The van der Waals surface area contributed by atoms with Crippen LogP contribution in [0, 0.1) is 11.8 Å². The molecule has 1 rings (SSSR count). The second-order valence-corrected chi connectivity index (χ2v) is 5.85. The van der Waals surface area contributed by atoms with Gasteiger partial charge in [0.05, 0.1) is 19.8 Å². The first kappa shape index (κ1) is 19.6. The molecule has 0 radical (unpaired) electrons. The maximum absolute atomic E-state index is 12.1. The topological polar surface area (TPSA) is 84.9 Å². The van der Waals surface area contributed by atoms with Crippen LogP contribution >= 0.6 is 0 Å². The first-order chi connectivity index (χ1) is 11.0. The lowest BCUT2D eigenvalue weighted by atomic mass is 9.94. The average Bonchev–Trinajstić information content (AvgIpc) is 2.79. The molecule has 3 amide bonds. The molecule has 0 bridgehead atoms. The zero-order valence-electron chi connectivity index (χ0n) is 14.3. The van der Waals surface area contributed by atoms with Gasteiger partial charge in [-0.25, -0.2) is 0 Å². The Bertz CT molecular complexity index is 411. The van der Waals surface area contributed by atoms with Crippen molar-refractivity contribution in [1.82, 2.24) is 10.2 Å². The quantitative estimate of drug-likeness (QED) is 0.443. The fourth-order valence-electron chi connectivity index (χ4n) is 2.39. The van der Waals surface area contributed by atoms with Crippen molar-refractivity contribution in [1.29, 1.82) is 0 Å². The molecule has 0 spiro atoms. The van der Waals surface area contributed by atoms with Crippen molar-refractivity contribution in [3.05, 3.63) is 0 Å². The highest BCUT2D eigenvalue weighted by molar-refractivity contribution is 6.03. The number of carbonyl (C=O) groups is 3. The van der Waals surface area contributed by atoms with Gasteiger partial charge in [0.15, 0.2) is 0 Å². The van der Waals surface area contributed by atoms with Crippen LogP contribution in [0.3, 0.4) is 0 Å². The lowest BCUT2D eigenvalue weighted by Crippen LogP contribution is -2.36. The predicted molar refractivity (Wildman–Crippen MR) is 84.6 cm³/mol. The van der Waals surface area contributed by atoms with Gasteiger partial charge in [-0.05, 0) is 12.8 Å². The number of likely N-dealkylation sites (tertiary alicyclic amines) is 1. The summed E-state index contributed by atoms with van der Waals surface area (Å²) in [6.07, 6.45) is 0.382. The van der Waals surface area contributed by atoms with Gasteiger partial charge in [0.1, 0.15) is 0 Å². The van der Waals surface area contributed by atoms with Gasteiger partial charge < -0.3 is 14.8 Å². The zero-order chi connectivity index (χ0) is 17.2. The lowest BCUT2D eigenvalue weighted by molar-refractivity contribution is -0.140. The molecule has 1 N–H and O–H groups in total. The van der Waals surface area contributed by atoms with Crippen LogP contribution in [0.2, 0.25) is 0 Å². The molecule has 0 aromatic rings. The highest BCUT2D eigenvalue weighted by atomic mass is 16.5. The minimum absolute atomic E-state index is 0.126. The Labute approximate surface area is 137 Å². The molecule has 1 aliphatic heterocycles. The van der Waals surface area contributed by atoms with Crippen molar-refractivity contribution in [2.75, 3.05) is 39.5 Å². The van der Waals surface area contributed by atoms with Crippen molar-refractivity contribution >= 4 is 17.7 Å². The standard InChI is InChI=1S/C16H28N2O5/c1-4-22-9-10-23-8-6-17-14(19)5-7-18-15(20)11-13(12(2)3)16(18)21/h12-13H,4-11H2,1-3H3,(H,17,19). The zero-order valence-corrected chi connectivity index (χ0v) is 14.3. The molecule has 1 unspecified atom stereocenters. The lowest BCUT2D eigenvalue weighted by Gasteiger charge is -2.16. The average molecular weight is 328 g/mol. The number of ether oxygens (including phenoxy) is 2. The van der Waals surface area contributed by atoms with E-state index >= 15 is 0 Å². The van der Waals surface area contributed by atoms with E-state index in [0.717, 1.165) is 0 Å². The van der Waals surface area contributed by atoms with Crippen LogP contribution < -0.4 is 5.32 Å². The smallest absolute Gasteiger partial charge is 0.233 e. The molecule has 1 fully saturated rings. The summed E-state index contributed by atoms with van der Waals surface area (Å²) in [6.45, 7) is 8.44. The summed E-state index contributed by atoms with van der Waals surface area (Å²) >= 11 is 0. The monoisotopic (exact) mass is 328 g/mol. The van der Waals surface area contributed by atoms with Gasteiger partial charge in [-0.15, -0.1) is 0 Å². The minimum Gasteiger partial charge on any atom is -0.379 e. The van der Waals surface area contributed by atoms with Crippen LogP contribution in [0.1, 0.15) is 33.6 Å². The van der Waals surface area contributed by atoms with E-state index in [-0.39, 0.29) is 48.9 Å². The van der Waals surface area contributed by atoms with Crippen molar-refractivity contribution < 1.29 is 23.9 Å². The van der Waals surface area contributed by atoms with Crippen LogP contribution in [-0.4, -0.2) is 62.1 Å². The van der Waals surface area contributed by atoms with Crippen LogP contribution in [-0.2, 0) is 23.9 Å². The summed E-state index contributed by atoms with van der Waals surface area (Å²) in [7, 11) is 0. The second-order valence-electron chi connectivity index (χ2n) is 5.85. The van der Waals surface area contributed by atoms with E-state index in [0.29, 0.717) is 33.0 Å². The van der Waals surface area contributed by atoms with Gasteiger partial charge in [-0.3, -0.25) is 19.3 Å². The fraction of sp³-hybridized carbons (Fsp3) is 0.812. The minimum atomic E-state index is -0.246. The first-order valence-electron chi connectivity index (χ1n) is 8.23. The Morgan fingerprint density at radius 2 is 1.96 bits per heavy atom. The number of imide groups is 1. The van der Waals surface area contributed by atoms with Gasteiger partial charge >= 0.3 is 0 Å². The van der Waals surface area contributed by atoms with Crippen molar-refractivity contribution in [3.63, 3.8) is 0 Å². The number of nitrogens with zero attached hydrogens (tertiary/aromatic N) is 1. The van der Waals surface area contributed by atoms with E-state index in [1.165, 1.54) is 4.90 Å². The SMILES string of the molecule is CCOCCOCCNC(=O)CCN1C(=O)CC(C(C)C)C1=O. The molecule has 1 heterocycles. The summed E-state index contributed by atoms with van der Waals surface area (Å²) in [6, 6.07) is 0. The number of carbonyl (C=O) groups excluding carboxylic acids is 3. The fourth-order valence-corrected chi connectivity index (χ4v) is 2.39. The van der Waals surface area contributed by atoms with Crippen molar-refractivity contribution in [2.24, 2.45) is 11.8 Å². The summed E-state index contributed by atoms with van der Waals surface area (Å²) < 4.78 is 10.4. The molecule has 7 heteroatoms. The number of rotatable bonds is 11. The molecule has 23 heavy (non-hydrogen) atoms. The van der Waals surface area contributed by atoms with Gasteiger partial charge in [-0.2, -0.15) is 0 Å². The molecule has 1 saturated heterocycles. The molecule has 7 nitrogen and oxygen atoms in total. The first-order valence-corrected chi connectivity index (χ1v) is 8.23. The summed E-state index contributed by atoms with van der Waals surface area (Å²) in [5.74, 6) is -0.631.